The zero-order valence-electron chi connectivity index (χ0n) is 16.2. The van der Waals surface area contributed by atoms with Crippen LogP contribution in [0.3, 0.4) is 0 Å². The van der Waals surface area contributed by atoms with Gasteiger partial charge in [0.25, 0.3) is 0 Å². The van der Waals surface area contributed by atoms with E-state index in [-0.39, 0.29) is 30.8 Å². The molecule has 1 aliphatic heterocycles. The minimum Gasteiger partial charge on any atom is -0.469 e. The van der Waals surface area contributed by atoms with Crippen molar-refractivity contribution in [3.8, 4) is 0 Å². The first kappa shape index (κ1) is 20.9. The minimum atomic E-state index is -0.683. The summed E-state index contributed by atoms with van der Waals surface area (Å²) in [5, 5.41) is 5.82. The molecule has 0 spiro atoms. The molecule has 2 N–H and O–H groups in total. The lowest BCUT2D eigenvalue weighted by molar-refractivity contribution is -0.146. The Hall–Kier alpha value is -2.41. The first-order valence-corrected chi connectivity index (χ1v) is 9.33. The van der Waals surface area contributed by atoms with E-state index in [0.717, 1.165) is 12.0 Å². The van der Waals surface area contributed by atoms with Crippen LogP contribution in [0.4, 0.5) is 0 Å². The molecule has 27 heavy (non-hydrogen) atoms. The summed E-state index contributed by atoms with van der Waals surface area (Å²) in [4.78, 5) is 38.2. The Bertz CT molecular complexity index is 648. The maximum absolute atomic E-state index is 12.7. The van der Waals surface area contributed by atoms with E-state index in [4.69, 9.17) is 0 Å². The summed E-state index contributed by atoms with van der Waals surface area (Å²) in [6.45, 7) is 5.27. The van der Waals surface area contributed by atoms with Crippen molar-refractivity contribution in [2.75, 3.05) is 26.7 Å². The fourth-order valence-corrected chi connectivity index (χ4v) is 3.27. The van der Waals surface area contributed by atoms with Gasteiger partial charge in [-0.3, -0.25) is 19.3 Å². The van der Waals surface area contributed by atoms with Gasteiger partial charge in [0.05, 0.1) is 26.1 Å². The number of amides is 2. The lowest BCUT2D eigenvalue weighted by atomic mass is 9.97. The monoisotopic (exact) mass is 375 g/mol. The first-order chi connectivity index (χ1) is 12.9. The Morgan fingerprint density at radius 3 is 2.63 bits per heavy atom. The number of carbonyl (C=O) groups excluding carboxylic acids is 3. The highest BCUT2D eigenvalue weighted by Gasteiger charge is 2.33. The fourth-order valence-electron chi connectivity index (χ4n) is 3.27. The van der Waals surface area contributed by atoms with Crippen molar-refractivity contribution in [3.63, 3.8) is 0 Å². The third-order valence-corrected chi connectivity index (χ3v) is 4.62. The van der Waals surface area contributed by atoms with Crippen molar-refractivity contribution in [2.45, 2.75) is 38.8 Å². The average Bonchev–Trinajstić information content (AvgIpc) is 2.64. The largest absolute Gasteiger partial charge is 0.469 e. The van der Waals surface area contributed by atoms with Gasteiger partial charge >= 0.3 is 5.97 Å². The van der Waals surface area contributed by atoms with Gasteiger partial charge < -0.3 is 15.4 Å². The number of carbonyl (C=O) groups is 3. The van der Waals surface area contributed by atoms with Crippen molar-refractivity contribution in [3.05, 3.63) is 35.9 Å². The number of hydrogen-bond acceptors (Lipinski definition) is 5. The molecule has 1 aromatic rings. The number of benzene rings is 1. The third kappa shape index (κ3) is 6.36. The molecule has 2 amide bonds. The van der Waals surface area contributed by atoms with Gasteiger partial charge in [-0.05, 0) is 17.9 Å². The maximum atomic E-state index is 12.7. The predicted octanol–water partition coefficient (Wildman–Crippen LogP) is 1.25. The lowest BCUT2D eigenvalue weighted by Gasteiger charge is -2.34. The van der Waals surface area contributed by atoms with Crippen molar-refractivity contribution >= 4 is 17.8 Å². The average molecular weight is 375 g/mol. The predicted molar refractivity (Wildman–Crippen MR) is 102 cm³/mol. The van der Waals surface area contributed by atoms with Gasteiger partial charge in [-0.1, -0.05) is 44.2 Å². The van der Waals surface area contributed by atoms with Crippen LogP contribution < -0.4 is 10.6 Å². The van der Waals surface area contributed by atoms with Gasteiger partial charge in [0.2, 0.25) is 11.8 Å². The highest BCUT2D eigenvalue weighted by atomic mass is 16.5. The SMILES string of the molecule is COC(=O)CC1C(=O)NCCN1CC(=O)NC(CC(C)C)c1ccccc1. The molecule has 0 aromatic heterocycles. The molecule has 1 saturated heterocycles. The van der Waals surface area contributed by atoms with E-state index < -0.39 is 12.0 Å². The topological polar surface area (TPSA) is 87.7 Å². The van der Waals surface area contributed by atoms with E-state index in [2.05, 4.69) is 29.2 Å². The van der Waals surface area contributed by atoms with Gasteiger partial charge in [-0.2, -0.15) is 0 Å². The second-order valence-corrected chi connectivity index (χ2v) is 7.22. The Morgan fingerprint density at radius 1 is 1.30 bits per heavy atom. The second kappa shape index (κ2) is 10.1. The first-order valence-electron chi connectivity index (χ1n) is 9.33. The molecule has 1 heterocycles. The highest BCUT2D eigenvalue weighted by Crippen LogP contribution is 2.21. The smallest absolute Gasteiger partial charge is 0.307 e. The number of hydrogen-bond donors (Lipinski definition) is 2. The zero-order valence-corrected chi connectivity index (χ0v) is 16.2. The van der Waals surface area contributed by atoms with Gasteiger partial charge in [0.15, 0.2) is 0 Å². The molecule has 148 valence electrons. The maximum Gasteiger partial charge on any atom is 0.307 e. The van der Waals surface area contributed by atoms with E-state index in [1.165, 1.54) is 7.11 Å². The van der Waals surface area contributed by atoms with Crippen molar-refractivity contribution in [1.29, 1.82) is 0 Å². The third-order valence-electron chi connectivity index (χ3n) is 4.62. The number of nitrogens with one attached hydrogen (secondary N) is 2. The number of ether oxygens (including phenoxy) is 1. The summed E-state index contributed by atoms with van der Waals surface area (Å²) in [7, 11) is 1.29. The summed E-state index contributed by atoms with van der Waals surface area (Å²) in [6, 6.07) is 9.09. The highest BCUT2D eigenvalue weighted by molar-refractivity contribution is 5.88. The molecular weight excluding hydrogens is 346 g/mol. The van der Waals surface area contributed by atoms with Crippen molar-refractivity contribution in [2.24, 2.45) is 5.92 Å². The molecule has 2 unspecified atom stereocenters. The van der Waals surface area contributed by atoms with E-state index in [9.17, 15) is 14.4 Å². The molecule has 1 aliphatic rings. The number of esters is 1. The summed E-state index contributed by atoms with van der Waals surface area (Å²) in [6.07, 6.45) is 0.756. The number of nitrogens with zero attached hydrogens (tertiary/aromatic N) is 1. The molecule has 1 fully saturated rings. The Balaban J connectivity index is 2.04. The van der Waals surface area contributed by atoms with Gasteiger partial charge in [-0.15, -0.1) is 0 Å². The summed E-state index contributed by atoms with van der Waals surface area (Å²) in [5.41, 5.74) is 1.06. The Morgan fingerprint density at radius 2 is 2.00 bits per heavy atom. The van der Waals surface area contributed by atoms with Crippen LogP contribution in [-0.2, 0) is 19.1 Å². The lowest BCUT2D eigenvalue weighted by Crippen LogP contribution is -2.58. The summed E-state index contributed by atoms with van der Waals surface area (Å²) >= 11 is 0. The normalized spacial score (nSPS) is 18.7. The molecule has 2 atom stereocenters. The Kier molecular flexibility index (Phi) is 7.79. The van der Waals surface area contributed by atoms with Crippen LogP contribution in [0.5, 0.6) is 0 Å². The van der Waals surface area contributed by atoms with E-state index in [1.807, 2.05) is 30.3 Å². The molecule has 0 bridgehead atoms. The van der Waals surface area contributed by atoms with Gasteiger partial charge in [0.1, 0.15) is 6.04 Å². The van der Waals surface area contributed by atoms with Crippen molar-refractivity contribution in [1.82, 2.24) is 15.5 Å². The molecule has 2 rings (SSSR count). The van der Waals surface area contributed by atoms with Crippen LogP contribution in [-0.4, -0.2) is 55.5 Å². The molecule has 7 nitrogen and oxygen atoms in total. The van der Waals surface area contributed by atoms with Crippen molar-refractivity contribution < 1.29 is 19.1 Å². The van der Waals surface area contributed by atoms with E-state index >= 15 is 0 Å². The molecular formula is C20H29N3O4. The number of methoxy groups -OCH3 is 1. The van der Waals surface area contributed by atoms with Crippen LogP contribution in [0.25, 0.3) is 0 Å². The number of piperazine rings is 1. The second-order valence-electron chi connectivity index (χ2n) is 7.22. The Labute approximate surface area is 160 Å². The van der Waals surface area contributed by atoms with Gasteiger partial charge in [0, 0.05) is 13.1 Å². The van der Waals surface area contributed by atoms with E-state index in [0.29, 0.717) is 19.0 Å². The standard InChI is InChI=1S/C20H29N3O4/c1-14(2)11-16(15-7-5-4-6-8-15)22-18(24)13-23-10-9-21-20(26)17(23)12-19(25)27-3/h4-8,14,16-17H,9-13H2,1-3H3,(H,21,26)(H,22,24). The quantitative estimate of drug-likeness (QED) is 0.668. The van der Waals surface area contributed by atoms with Crippen LogP contribution in [0.2, 0.25) is 0 Å². The molecule has 1 aromatic carbocycles. The molecule has 0 radical (unpaired) electrons. The molecule has 7 heteroatoms. The van der Waals surface area contributed by atoms with Crippen LogP contribution in [0, 0.1) is 5.92 Å². The van der Waals surface area contributed by atoms with Crippen LogP contribution in [0.15, 0.2) is 30.3 Å². The fraction of sp³-hybridized carbons (Fsp3) is 0.550. The minimum absolute atomic E-state index is 0.0658. The zero-order chi connectivity index (χ0) is 19.8. The summed E-state index contributed by atoms with van der Waals surface area (Å²) < 4.78 is 4.67. The van der Waals surface area contributed by atoms with Crippen LogP contribution >= 0.6 is 0 Å². The van der Waals surface area contributed by atoms with E-state index in [1.54, 1.807) is 4.90 Å². The molecule has 0 aliphatic carbocycles. The molecule has 0 saturated carbocycles. The number of rotatable bonds is 8. The van der Waals surface area contributed by atoms with Crippen LogP contribution in [0.1, 0.15) is 38.3 Å². The van der Waals surface area contributed by atoms with Gasteiger partial charge in [-0.25, -0.2) is 0 Å². The summed E-state index contributed by atoms with van der Waals surface area (Å²) in [5.74, 6) is -0.455.